The molecule has 1 aromatic carbocycles. The Bertz CT molecular complexity index is 470. The summed E-state index contributed by atoms with van der Waals surface area (Å²) >= 11 is 0. The first-order chi connectivity index (χ1) is 9.12. The van der Waals surface area contributed by atoms with Gasteiger partial charge in [-0.3, -0.25) is 0 Å². The summed E-state index contributed by atoms with van der Waals surface area (Å²) in [5.74, 6) is 1.89. The molecule has 3 atom stereocenters. The van der Waals surface area contributed by atoms with E-state index in [1.807, 2.05) is 0 Å². The van der Waals surface area contributed by atoms with Crippen molar-refractivity contribution >= 4 is 0 Å². The molecule has 1 aromatic rings. The normalized spacial score (nSPS) is 33.8. The van der Waals surface area contributed by atoms with Gasteiger partial charge in [0.15, 0.2) is 0 Å². The van der Waals surface area contributed by atoms with E-state index in [2.05, 4.69) is 44.4 Å². The maximum atomic E-state index is 6.48. The molecule has 3 unspecified atom stereocenters. The van der Waals surface area contributed by atoms with Crippen LogP contribution in [0.2, 0.25) is 0 Å². The first-order valence-corrected chi connectivity index (χ1v) is 7.59. The SMILES string of the molecule is CNC1CC2(CCCC(C)C2)Oc2ccc(C)cc21. The average molecular weight is 259 g/mol. The monoisotopic (exact) mass is 259 g/mol. The summed E-state index contributed by atoms with van der Waals surface area (Å²) in [6, 6.07) is 7.04. The summed E-state index contributed by atoms with van der Waals surface area (Å²) in [7, 11) is 2.07. The van der Waals surface area contributed by atoms with Crippen LogP contribution in [-0.4, -0.2) is 12.6 Å². The van der Waals surface area contributed by atoms with E-state index in [1.54, 1.807) is 0 Å². The molecule has 2 heteroatoms. The van der Waals surface area contributed by atoms with Crippen molar-refractivity contribution in [1.29, 1.82) is 0 Å². The minimum absolute atomic E-state index is 0.0770. The average Bonchev–Trinajstić information content (AvgIpc) is 2.38. The van der Waals surface area contributed by atoms with E-state index in [1.165, 1.54) is 36.8 Å². The van der Waals surface area contributed by atoms with Crippen molar-refractivity contribution in [3.8, 4) is 5.75 Å². The molecule has 0 radical (unpaired) electrons. The highest BCUT2D eigenvalue weighted by molar-refractivity contribution is 5.41. The topological polar surface area (TPSA) is 21.3 Å². The van der Waals surface area contributed by atoms with E-state index in [0.717, 1.165) is 18.1 Å². The fraction of sp³-hybridized carbons (Fsp3) is 0.647. The highest BCUT2D eigenvalue weighted by atomic mass is 16.5. The molecular formula is C17H25NO. The van der Waals surface area contributed by atoms with Crippen LogP contribution in [0.1, 0.15) is 56.2 Å². The van der Waals surface area contributed by atoms with Gasteiger partial charge in [0, 0.05) is 18.0 Å². The fourth-order valence-corrected chi connectivity index (χ4v) is 3.94. The van der Waals surface area contributed by atoms with Crippen LogP contribution < -0.4 is 10.1 Å². The van der Waals surface area contributed by atoms with Gasteiger partial charge >= 0.3 is 0 Å². The van der Waals surface area contributed by atoms with Gasteiger partial charge in [0.1, 0.15) is 11.4 Å². The zero-order chi connectivity index (χ0) is 13.5. The van der Waals surface area contributed by atoms with Gasteiger partial charge in [0.25, 0.3) is 0 Å². The predicted molar refractivity (Wildman–Crippen MR) is 78.6 cm³/mol. The molecule has 0 saturated heterocycles. The Kier molecular flexibility index (Phi) is 3.30. The van der Waals surface area contributed by atoms with Crippen molar-refractivity contribution in [2.75, 3.05) is 7.05 Å². The zero-order valence-electron chi connectivity index (χ0n) is 12.3. The molecule has 1 aliphatic heterocycles. The molecule has 1 fully saturated rings. The lowest BCUT2D eigenvalue weighted by Gasteiger charge is -2.46. The van der Waals surface area contributed by atoms with Crippen LogP contribution in [-0.2, 0) is 0 Å². The third-order valence-electron chi connectivity index (χ3n) is 4.84. The molecular weight excluding hydrogens is 234 g/mol. The van der Waals surface area contributed by atoms with E-state index in [4.69, 9.17) is 4.74 Å². The summed E-state index contributed by atoms with van der Waals surface area (Å²) in [6.07, 6.45) is 6.19. The van der Waals surface area contributed by atoms with E-state index in [0.29, 0.717) is 6.04 Å². The molecule has 1 aliphatic carbocycles. The van der Waals surface area contributed by atoms with Crippen molar-refractivity contribution in [3.05, 3.63) is 29.3 Å². The van der Waals surface area contributed by atoms with Gasteiger partial charge in [-0.1, -0.05) is 31.0 Å². The van der Waals surface area contributed by atoms with Gasteiger partial charge in [-0.25, -0.2) is 0 Å². The highest BCUT2D eigenvalue weighted by Gasteiger charge is 2.43. The number of rotatable bonds is 1. The van der Waals surface area contributed by atoms with Crippen LogP contribution in [0.15, 0.2) is 18.2 Å². The van der Waals surface area contributed by atoms with Crippen molar-refractivity contribution in [3.63, 3.8) is 0 Å². The number of benzene rings is 1. The van der Waals surface area contributed by atoms with E-state index >= 15 is 0 Å². The summed E-state index contributed by atoms with van der Waals surface area (Å²) in [5.41, 5.74) is 2.73. The molecule has 1 N–H and O–H groups in total. The molecule has 1 spiro atoms. The van der Waals surface area contributed by atoms with E-state index in [9.17, 15) is 0 Å². The Labute approximate surface area is 116 Å². The second kappa shape index (κ2) is 4.82. The van der Waals surface area contributed by atoms with Gasteiger partial charge < -0.3 is 10.1 Å². The molecule has 0 aromatic heterocycles. The minimum atomic E-state index is 0.0770. The summed E-state index contributed by atoms with van der Waals surface area (Å²) < 4.78 is 6.48. The number of fused-ring (bicyclic) bond motifs is 1. The van der Waals surface area contributed by atoms with Crippen molar-refractivity contribution < 1.29 is 4.74 Å². The molecule has 104 valence electrons. The lowest BCUT2D eigenvalue weighted by Crippen LogP contribution is -2.46. The van der Waals surface area contributed by atoms with Crippen LogP contribution in [0.25, 0.3) is 0 Å². The second-order valence-electron chi connectivity index (χ2n) is 6.57. The molecule has 1 saturated carbocycles. The largest absolute Gasteiger partial charge is 0.487 e. The van der Waals surface area contributed by atoms with Crippen LogP contribution >= 0.6 is 0 Å². The van der Waals surface area contributed by atoms with Gasteiger partial charge in [0.2, 0.25) is 0 Å². The number of hydrogen-bond acceptors (Lipinski definition) is 2. The van der Waals surface area contributed by atoms with Crippen LogP contribution in [0.5, 0.6) is 5.75 Å². The molecule has 2 nitrogen and oxygen atoms in total. The van der Waals surface area contributed by atoms with Crippen LogP contribution in [0, 0.1) is 12.8 Å². The minimum Gasteiger partial charge on any atom is -0.487 e. The lowest BCUT2D eigenvalue weighted by atomic mass is 9.73. The first kappa shape index (κ1) is 13.0. The van der Waals surface area contributed by atoms with E-state index < -0.39 is 0 Å². The Morgan fingerprint density at radius 3 is 2.89 bits per heavy atom. The number of ether oxygens (including phenoxy) is 1. The lowest BCUT2D eigenvalue weighted by molar-refractivity contribution is -0.0173. The number of aryl methyl sites for hydroxylation is 1. The molecule has 0 bridgehead atoms. The van der Waals surface area contributed by atoms with Gasteiger partial charge in [0.05, 0.1) is 0 Å². The van der Waals surface area contributed by atoms with Crippen molar-refractivity contribution in [1.82, 2.24) is 5.32 Å². The molecule has 2 aliphatic rings. The van der Waals surface area contributed by atoms with Gasteiger partial charge in [-0.05, 0) is 45.2 Å². The van der Waals surface area contributed by atoms with E-state index in [-0.39, 0.29) is 5.60 Å². The Balaban J connectivity index is 1.95. The summed E-state index contributed by atoms with van der Waals surface area (Å²) in [6.45, 7) is 4.52. The van der Waals surface area contributed by atoms with Crippen LogP contribution in [0.3, 0.4) is 0 Å². The number of nitrogens with one attached hydrogen (secondary N) is 1. The van der Waals surface area contributed by atoms with Gasteiger partial charge in [-0.2, -0.15) is 0 Å². The zero-order valence-corrected chi connectivity index (χ0v) is 12.3. The smallest absolute Gasteiger partial charge is 0.124 e. The molecule has 1 heterocycles. The Morgan fingerprint density at radius 1 is 1.32 bits per heavy atom. The third kappa shape index (κ3) is 2.38. The standard InChI is InChI=1S/C17H25NO/c1-12-6-7-16-14(9-12)15(18-3)11-17(19-16)8-4-5-13(2)10-17/h6-7,9,13,15,18H,4-5,8,10-11H2,1-3H3. The van der Waals surface area contributed by atoms with Crippen molar-refractivity contribution in [2.45, 2.75) is 57.6 Å². The quantitative estimate of drug-likeness (QED) is 0.823. The first-order valence-electron chi connectivity index (χ1n) is 7.59. The third-order valence-corrected chi connectivity index (χ3v) is 4.84. The summed E-state index contributed by atoms with van der Waals surface area (Å²) in [5, 5.41) is 3.49. The summed E-state index contributed by atoms with van der Waals surface area (Å²) in [4.78, 5) is 0. The second-order valence-corrected chi connectivity index (χ2v) is 6.57. The Morgan fingerprint density at radius 2 is 2.16 bits per heavy atom. The van der Waals surface area contributed by atoms with Crippen LogP contribution in [0.4, 0.5) is 0 Å². The number of hydrogen-bond donors (Lipinski definition) is 1. The highest BCUT2D eigenvalue weighted by Crippen LogP contribution is 2.47. The Hall–Kier alpha value is -1.02. The molecule has 0 amide bonds. The fourth-order valence-electron chi connectivity index (χ4n) is 3.94. The molecule has 3 rings (SSSR count). The molecule has 19 heavy (non-hydrogen) atoms. The maximum absolute atomic E-state index is 6.48. The van der Waals surface area contributed by atoms with Crippen molar-refractivity contribution in [2.24, 2.45) is 5.92 Å². The van der Waals surface area contributed by atoms with Gasteiger partial charge in [-0.15, -0.1) is 0 Å². The maximum Gasteiger partial charge on any atom is 0.124 e. The predicted octanol–water partition coefficient (Wildman–Crippen LogP) is 3.99.